The van der Waals surface area contributed by atoms with Gasteiger partial charge in [0, 0.05) is 31.9 Å². The lowest BCUT2D eigenvalue weighted by Crippen LogP contribution is -2.48. The molecule has 2 heterocycles. The number of alkyl halides is 3. The lowest BCUT2D eigenvalue weighted by atomic mass is 10.00. The zero-order valence-electron chi connectivity index (χ0n) is 16.7. The van der Waals surface area contributed by atoms with E-state index in [1.807, 2.05) is 0 Å². The average molecular weight is 427 g/mol. The van der Waals surface area contributed by atoms with E-state index < -0.39 is 11.9 Å². The second-order valence-electron chi connectivity index (χ2n) is 7.01. The van der Waals surface area contributed by atoms with Crippen LogP contribution in [0.1, 0.15) is 33.5 Å². The van der Waals surface area contributed by atoms with E-state index in [2.05, 4.69) is 52.2 Å². The topological polar surface area (TPSA) is 49.8 Å². The van der Waals surface area contributed by atoms with Gasteiger partial charge in [-0.25, -0.2) is 4.98 Å². The van der Waals surface area contributed by atoms with Crippen molar-refractivity contribution in [2.24, 2.45) is 4.99 Å². The second-order valence-corrected chi connectivity index (χ2v) is 7.96. The zero-order valence-corrected chi connectivity index (χ0v) is 17.5. The molecule has 0 saturated carbocycles. The number of nitrogens with one attached hydrogen (secondary N) is 1. The summed E-state index contributed by atoms with van der Waals surface area (Å²) in [6, 6.07) is 6.34. The maximum absolute atomic E-state index is 12.7. The molecule has 1 aromatic carbocycles. The predicted octanol–water partition coefficient (Wildman–Crippen LogP) is 3.97. The molecule has 1 aromatic heterocycles. The number of thiazole rings is 1. The Labute approximate surface area is 172 Å². The minimum Gasteiger partial charge on any atom is -0.370 e. The molecule has 0 spiro atoms. The molecule has 5 nitrogen and oxygen atoms in total. The monoisotopic (exact) mass is 426 g/mol. The fourth-order valence-electron chi connectivity index (χ4n) is 3.39. The first-order valence-corrected chi connectivity index (χ1v) is 10.3. The molecule has 1 aliphatic rings. The molecular formula is C20H25F3N4OS. The molecule has 158 valence electrons. The largest absolute Gasteiger partial charge is 0.434 e. The number of rotatable bonds is 4. The van der Waals surface area contributed by atoms with Gasteiger partial charge in [0.2, 0.25) is 0 Å². The maximum Gasteiger partial charge on any atom is 0.434 e. The average Bonchev–Trinajstić information content (AvgIpc) is 3.15. The normalized spacial score (nSPS) is 18.2. The van der Waals surface area contributed by atoms with E-state index in [4.69, 9.17) is 4.74 Å². The Balaban J connectivity index is 1.57. The highest BCUT2D eigenvalue weighted by molar-refractivity contribution is 7.09. The molecule has 0 aliphatic carbocycles. The van der Waals surface area contributed by atoms with Gasteiger partial charge in [0.1, 0.15) is 6.10 Å². The Morgan fingerprint density at radius 2 is 2.17 bits per heavy atom. The molecule has 1 saturated heterocycles. The van der Waals surface area contributed by atoms with Crippen LogP contribution in [0.5, 0.6) is 0 Å². The number of aryl methyl sites for hydroxylation is 2. The lowest BCUT2D eigenvalue weighted by Gasteiger charge is -2.35. The van der Waals surface area contributed by atoms with Crippen LogP contribution in [-0.4, -0.2) is 49.1 Å². The van der Waals surface area contributed by atoms with E-state index in [0.29, 0.717) is 37.7 Å². The number of aromatic nitrogens is 1. The lowest BCUT2D eigenvalue weighted by molar-refractivity contribution is -0.140. The zero-order chi connectivity index (χ0) is 21.0. The summed E-state index contributed by atoms with van der Waals surface area (Å²) in [6.45, 7) is 6.57. The van der Waals surface area contributed by atoms with Gasteiger partial charge in [0.15, 0.2) is 11.7 Å². The van der Waals surface area contributed by atoms with Gasteiger partial charge in [-0.05, 0) is 25.0 Å². The summed E-state index contributed by atoms with van der Waals surface area (Å²) in [7, 11) is 1.70. The smallest absolute Gasteiger partial charge is 0.370 e. The van der Waals surface area contributed by atoms with Crippen molar-refractivity contribution in [1.82, 2.24) is 15.2 Å². The van der Waals surface area contributed by atoms with Gasteiger partial charge in [-0.2, -0.15) is 13.2 Å². The van der Waals surface area contributed by atoms with Crippen molar-refractivity contribution in [2.75, 3.05) is 33.3 Å². The summed E-state index contributed by atoms with van der Waals surface area (Å²) in [5, 5.41) is 4.75. The fraction of sp³-hybridized carbons (Fsp3) is 0.500. The number of morpholine rings is 1. The number of halogens is 3. The van der Waals surface area contributed by atoms with E-state index in [-0.39, 0.29) is 6.10 Å². The van der Waals surface area contributed by atoms with Crippen LogP contribution in [0, 0.1) is 13.8 Å². The highest BCUT2D eigenvalue weighted by Crippen LogP contribution is 2.30. The van der Waals surface area contributed by atoms with E-state index in [1.165, 1.54) is 16.7 Å². The summed E-state index contributed by atoms with van der Waals surface area (Å²) >= 11 is 1.03. The van der Waals surface area contributed by atoms with Crippen molar-refractivity contribution in [3.63, 3.8) is 0 Å². The number of guanidine groups is 1. The number of aliphatic imine (C=N–C) groups is 1. The Morgan fingerprint density at radius 3 is 2.83 bits per heavy atom. The van der Waals surface area contributed by atoms with Crippen molar-refractivity contribution < 1.29 is 17.9 Å². The predicted molar refractivity (Wildman–Crippen MR) is 108 cm³/mol. The van der Waals surface area contributed by atoms with Crippen LogP contribution in [-0.2, 0) is 17.3 Å². The minimum atomic E-state index is -4.39. The molecule has 0 amide bonds. The van der Waals surface area contributed by atoms with Gasteiger partial charge in [-0.3, -0.25) is 4.99 Å². The number of ether oxygens (including phenoxy) is 1. The van der Waals surface area contributed by atoms with Gasteiger partial charge in [0.05, 0.1) is 18.2 Å². The van der Waals surface area contributed by atoms with E-state index >= 15 is 0 Å². The summed E-state index contributed by atoms with van der Waals surface area (Å²) in [4.78, 5) is 10.1. The summed E-state index contributed by atoms with van der Waals surface area (Å²) in [6.07, 6.45) is -4.03. The first kappa shape index (κ1) is 21.6. The summed E-state index contributed by atoms with van der Waals surface area (Å²) < 4.78 is 44.0. The molecule has 1 fully saturated rings. The van der Waals surface area contributed by atoms with Gasteiger partial charge in [0.25, 0.3) is 0 Å². The third-order valence-electron chi connectivity index (χ3n) is 4.81. The maximum atomic E-state index is 12.7. The molecule has 1 atom stereocenters. The highest BCUT2D eigenvalue weighted by Gasteiger charge is 2.33. The van der Waals surface area contributed by atoms with Crippen LogP contribution >= 0.6 is 11.3 Å². The fourth-order valence-corrected chi connectivity index (χ4v) is 4.19. The SMILES string of the molecule is CN=C(NCCc1nc(C(F)(F)F)cs1)N1CCOC(c2ccc(C)cc2C)C1. The summed E-state index contributed by atoms with van der Waals surface area (Å²) in [5.74, 6) is 0.718. The van der Waals surface area contributed by atoms with Crippen LogP contribution in [0.2, 0.25) is 0 Å². The molecule has 3 rings (SSSR count). The van der Waals surface area contributed by atoms with Crippen LogP contribution < -0.4 is 5.32 Å². The van der Waals surface area contributed by atoms with Crippen molar-refractivity contribution in [2.45, 2.75) is 32.5 Å². The Hall–Kier alpha value is -2.13. The van der Waals surface area contributed by atoms with Gasteiger partial charge >= 0.3 is 6.18 Å². The molecular weight excluding hydrogens is 401 g/mol. The van der Waals surface area contributed by atoms with Crippen molar-refractivity contribution in [3.8, 4) is 0 Å². The number of benzene rings is 1. The van der Waals surface area contributed by atoms with E-state index in [1.54, 1.807) is 7.05 Å². The molecule has 2 aromatic rings. The number of nitrogens with zero attached hydrogens (tertiary/aromatic N) is 3. The van der Waals surface area contributed by atoms with Crippen LogP contribution in [0.3, 0.4) is 0 Å². The van der Waals surface area contributed by atoms with Crippen molar-refractivity contribution in [1.29, 1.82) is 0 Å². The molecule has 29 heavy (non-hydrogen) atoms. The van der Waals surface area contributed by atoms with Crippen molar-refractivity contribution in [3.05, 3.63) is 51.0 Å². The molecule has 0 radical (unpaired) electrons. The van der Waals surface area contributed by atoms with Gasteiger partial charge in [-0.15, -0.1) is 11.3 Å². The van der Waals surface area contributed by atoms with E-state index in [0.717, 1.165) is 22.7 Å². The molecule has 0 bridgehead atoms. The molecule has 1 aliphatic heterocycles. The number of hydrogen-bond donors (Lipinski definition) is 1. The first-order valence-electron chi connectivity index (χ1n) is 9.44. The Kier molecular flexibility index (Phi) is 6.79. The third kappa shape index (κ3) is 5.48. The van der Waals surface area contributed by atoms with E-state index in [9.17, 15) is 13.2 Å². The quantitative estimate of drug-likeness (QED) is 0.594. The summed E-state index contributed by atoms with van der Waals surface area (Å²) in [5.41, 5.74) is 2.75. The molecule has 1 N–H and O–H groups in total. The number of hydrogen-bond acceptors (Lipinski definition) is 4. The van der Waals surface area contributed by atoms with Crippen LogP contribution in [0.25, 0.3) is 0 Å². The van der Waals surface area contributed by atoms with Gasteiger partial charge in [-0.1, -0.05) is 23.8 Å². The third-order valence-corrected chi connectivity index (χ3v) is 5.72. The minimum absolute atomic E-state index is 0.0452. The van der Waals surface area contributed by atoms with Gasteiger partial charge < -0.3 is 15.0 Å². The van der Waals surface area contributed by atoms with Crippen LogP contribution in [0.4, 0.5) is 13.2 Å². The first-order chi connectivity index (χ1) is 13.8. The van der Waals surface area contributed by atoms with Crippen LogP contribution in [0.15, 0.2) is 28.6 Å². The molecule has 9 heteroatoms. The van der Waals surface area contributed by atoms with Crippen molar-refractivity contribution >= 4 is 17.3 Å². The molecule has 1 unspecified atom stereocenters. The second kappa shape index (κ2) is 9.13. The standard InChI is InChI=1S/C20H25F3N4OS/c1-13-4-5-15(14(2)10-13)16-11-27(8-9-28-16)19(24-3)25-7-6-18-26-17(12-29-18)20(21,22)23/h4-5,10,12,16H,6-9,11H2,1-3H3,(H,24,25). The Bertz CT molecular complexity index is 866. The highest BCUT2D eigenvalue weighted by atomic mass is 32.1. The Morgan fingerprint density at radius 1 is 1.38 bits per heavy atom.